The van der Waals surface area contributed by atoms with Gasteiger partial charge in [0.15, 0.2) is 0 Å². The summed E-state index contributed by atoms with van der Waals surface area (Å²) < 4.78 is 12.3. The van der Waals surface area contributed by atoms with Crippen LogP contribution in [-0.2, 0) is 18.3 Å². The maximum atomic E-state index is 11.1. The highest BCUT2D eigenvalue weighted by atomic mass is 35.5. The van der Waals surface area contributed by atoms with Gasteiger partial charge in [0.2, 0.25) is 0 Å². The number of ether oxygens (including phenoxy) is 2. The van der Waals surface area contributed by atoms with E-state index in [9.17, 15) is 9.59 Å². The number of carbonyl (C=O) groups excluding carboxylic acids is 1. The summed E-state index contributed by atoms with van der Waals surface area (Å²) >= 11 is 6.06. The van der Waals surface area contributed by atoms with Crippen molar-refractivity contribution in [3.05, 3.63) is 88.2 Å². The van der Waals surface area contributed by atoms with E-state index in [-0.39, 0.29) is 0 Å². The van der Waals surface area contributed by atoms with E-state index >= 15 is 0 Å². The molecule has 1 aromatic heterocycles. The van der Waals surface area contributed by atoms with Crippen molar-refractivity contribution >= 4 is 34.9 Å². The fourth-order valence-electron chi connectivity index (χ4n) is 4.33. The summed E-state index contributed by atoms with van der Waals surface area (Å²) in [4.78, 5) is 31.1. The molecular formula is C32H37ClN4O5. The van der Waals surface area contributed by atoms with Crippen molar-refractivity contribution < 1.29 is 24.2 Å². The van der Waals surface area contributed by atoms with Gasteiger partial charge in [-0.2, -0.15) is 0 Å². The molecule has 3 heterocycles. The quantitative estimate of drug-likeness (QED) is 0.286. The molecule has 10 heteroatoms. The van der Waals surface area contributed by atoms with Gasteiger partial charge in [0.25, 0.3) is 0 Å². The van der Waals surface area contributed by atoms with Gasteiger partial charge in [-0.1, -0.05) is 29.8 Å². The molecule has 0 amide bonds. The second-order valence-corrected chi connectivity index (χ2v) is 10.8. The molecule has 0 aliphatic carbocycles. The van der Waals surface area contributed by atoms with E-state index in [0.29, 0.717) is 27.6 Å². The van der Waals surface area contributed by atoms with E-state index in [1.54, 1.807) is 42.5 Å². The molecule has 1 N–H and O–H groups in total. The van der Waals surface area contributed by atoms with Crippen LogP contribution in [-0.4, -0.2) is 83.2 Å². The zero-order valence-electron chi connectivity index (χ0n) is 24.3. The van der Waals surface area contributed by atoms with E-state index < -0.39 is 5.97 Å². The highest BCUT2D eigenvalue weighted by Gasteiger charge is 2.17. The van der Waals surface area contributed by atoms with E-state index in [1.807, 2.05) is 36.7 Å². The molecule has 2 aliphatic heterocycles. The molecule has 0 bridgehead atoms. The Morgan fingerprint density at radius 3 is 2.38 bits per heavy atom. The topological polar surface area (TPSA) is 97.1 Å². The second kappa shape index (κ2) is 14.9. The Kier molecular flexibility index (Phi) is 11.1. The summed E-state index contributed by atoms with van der Waals surface area (Å²) in [6, 6.07) is 17.6. The number of halogens is 1. The van der Waals surface area contributed by atoms with E-state index in [0.717, 1.165) is 74.6 Å². The second-order valence-electron chi connectivity index (χ2n) is 10.4. The lowest BCUT2D eigenvalue weighted by Crippen LogP contribution is -2.44. The minimum Gasteiger partial charge on any atom is -0.478 e. The lowest BCUT2D eigenvalue weighted by molar-refractivity contribution is 0.0367. The van der Waals surface area contributed by atoms with Crippen LogP contribution in [0.2, 0.25) is 5.02 Å². The zero-order valence-corrected chi connectivity index (χ0v) is 25.0. The number of aryl methyl sites for hydroxylation is 2. The van der Waals surface area contributed by atoms with Crippen molar-refractivity contribution in [1.29, 1.82) is 0 Å². The molecule has 2 saturated heterocycles. The molecule has 0 unspecified atom stereocenters. The fraction of sp³-hybridized carbons (Fsp3) is 0.344. The average Bonchev–Trinajstić information content (AvgIpc) is 3.25. The van der Waals surface area contributed by atoms with Crippen molar-refractivity contribution in [2.24, 2.45) is 7.05 Å². The van der Waals surface area contributed by atoms with E-state index in [1.165, 1.54) is 6.42 Å². The Bertz CT molecular complexity index is 1510. The SMILES string of the molecule is C1COC1.CN1CCN(Cc2nc3ccc(C(=O)O)cc3n2C)CC1.Cc1ccc(Oc2cccc(C=O)c2)c(Cl)c1. The van der Waals surface area contributed by atoms with Crippen LogP contribution < -0.4 is 4.74 Å². The molecule has 2 fully saturated rings. The lowest BCUT2D eigenvalue weighted by atomic mass is 10.2. The Morgan fingerprint density at radius 2 is 1.76 bits per heavy atom. The van der Waals surface area contributed by atoms with Crippen molar-refractivity contribution in [2.75, 3.05) is 46.4 Å². The van der Waals surface area contributed by atoms with Crippen LogP contribution in [0.1, 0.15) is 38.5 Å². The number of nitrogens with zero attached hydrogens (tertiary/aromatic N) is 4. The van der Waals surface area contributed by atoms with Gasteiger partial charge in [0.1, 0.15) is 23.6 Å². The number of aromatic nitrogens is 2. The summed E-state index contributed by atoms with van der Waals surface area (Å²) in [5.74, 6) is 1.26. The van der Waals surface area contributed by atoms with Gasteiger partial charge in [-0.3, -0.25) is 9.69 Å². The highest BCUT2D eigenvalue weighted by Crippen LogP contribution is 2.30. The Balaban J connectivity index is 0.000000173. The number of aromatic carboxylic acids is 1. The largest absolute Gasteiger partial charge is 0.478 e. The van der Waals surface area contributed by atoms with Gasteiger partial charge < -0.3 is 24.0 Å². The Hall–Kier alpha value is -3.76. The molecule has 3 aromatic carbocycles. The van der Waals surface area contributed by atoms with Crippen LogP contribution >= 0.6 is 11.6 Å². The minimum absolute atomic E-state index is 0.302. The predicted molar refractivity (Wildman–Crippen MR) is 164 cm³/mol. The number of hydrogen-bond acceptors (Lipinski definition) is 7. The molecule has 222 valence electrons. The van der Waals surface area contributed by atoms with Gasteiger partial charge in [0, 0.05) is 52.0 Å². The molecule has 0 saturated carbocycles. The highest BCUT2D eigenvalue weighted by molar-refractivity contribution is 6.32. The first-order valence-corrected chi connectivity index (χ1v) is 14.3. The van der Waals surface area contributed by atoms with Crippen LogP contribution in [0.15, 0.2) is 60.7 Å². The third kappa shape index (κ3) is 8.62. The van der Waals surface area contributed by atoms with Crippen LogP contribution in [0.4, 0.5) is 0 Å². The zero-order chi connectivity index (χ0) is 30.1. The molecule has 4 aromatic rings. The number of carbonyl (C=O) groups is 2. The molecule has 9 nitrogen and oxygen atoms in total. The van der Waals surface area contributed by atoms with E-state index in [4.69, 9.17) is 26.2 Å². The van der Waals surface area contributed by atoms with Crippen molar-refractivity contribution in [3.8, 4) is 11.5 Å². The Labute approximate surface area is 251 Å². The van der Waals surface area contributed by atoms with Crippen LogP contribution in [0, 0.1) is 6.92 Å². The third-order valence-corrected chi connectivity index (χ3v) is 7.36. The summed E-state index contributed by atoms with van der Waals surface area (Å²) in [6.45, 7) is 9.00. The number of piperazine rings is 1. The summed E-state index contributed by atoms with van der Waals surface area (Å²) in [6.07, 6.45) is 2.06. The molecule has 6 rings (SSSR count). The standard InChI is InChI=1S/C15H20N4O2.C14H11ClO2.C3H6O/c1-17-5-7-19(8-6-17)10-14-16-12-4-3-11(15(20)21)9-13(12)18(14)2;1-10-5-6-14(13(15)7-10)17-12-4-2-3-11(8-12)9-16;1-2-4-3-1/h3-4,9H,5-8,10H2,1-2H3,(H,20,21);2-9H,1H3;1-3H2. The number of likely N-dealkylation sites (N-methyl/N-ethyl adjacent to an activating group) is 1. The molecule has 0 spiro atoms. The van der Waals surface area contributed by atoms with Crippen molar-refractivity contribution in [2.45, 2.75) is 19.9 Å². The molecule has 2 aliphatic rings. The number of fused-ring (bicyclic) bond motifs is 1. The number of aldehydes is 1. The van der Waals surface area contributed by atoms with Crippen molar-refractivity contribution in [1.82, 2.24) is 19.4 Å². The lowest BCUT2D eigenvalue weighted by Gasteiger charge is -2.31. The van der Waals surface area contributed by atoms with Crippen LogP contribution in [0.5, 0.6) is 11.5 Å². The summed E-state index contributed by atoms with van der Waals surface area (Å²) in [5, 5.41) is 9.64. The van der Waals surface area contributed by atoms with Gasteiger partial charge in [-0.15, -0.1) is 0 Å². The molecule has 42 heavy (non-hydrogen) atoms. The number of benzene rings is 3. The maximum absolute atomic E-state index is 11.1. The van der Waals surface area contributed by atoms with Gasteiger partial charge in [-0.05, 0) is 68.4 Å². The van der Waals surface area contributed by atoms with Gasteiger partial charge in [-0.25, -0.2) is 9.78 Å². The Morgan fingerprint density at radius 1 is 1.05 bits per heavy atom. The normalized spacial score (nSPS) is 15.0. The fourth-order valence-corrected chi connectivity index (χ4v) is 4.61. The van der Waals surface area contributed by atoms with Crippen LogP contribution in [0.3, 0.4) is 0 Å². The average molecular weight is 593 g/mol. The number of carboxylic acids is 1. The third-order valence-electron chi connectivity index (χ3n) is 7.07. The van der Waals surface area contributed by atoms with Gasteiger partial charge >= 0.3 is 5.97 Å². The van der Waals surface area contributed by atoms with Crippen LogP contribution in [0.25, 0.3) is 11.0 Å². The molecule has 0 radical (unpaired) electrons. The van der Waals surface area contributed by atoms with Crippen molar-refractivity contribution in [3.63, 3.8) is 0 Å². The summed E-state index contributed by atoms with van der Waals surface area (Å²) in [5.41, 5.74) is 3.68. The smallest absolute Gasteiger partial charge is 0.335 e. The first-order valence-electron chi connectivity index (χ1n) is 13.9. The molecule has 0 atom stereocenters. The number of hydrogen-bond donors (Lipinski definition) is 1. The molecular weight excluding hydrogens is 556 g/mol. The van der Waals surface area contributed by atoms with Gasteiger partial charge in [0.05, 0.1) is 28.2 Å². The minimum atomic E-state index is -0.904. The first kappa shape index (κ1) is 31.2. The first-order chi connectivity index (χ1) is 20.2. The number of rotatable bonds is 6. The number of carboxylic acid groups (broad SMARTS) is 1. The maximum Gasteiger partial charge on any atom is 0.335 e. The van der Waals surface area contributed by atoms with E-state index in [2.05, 4.69) is 21.8 Å². The predicted octanol–water partition coefficient (Wildman–Crippen LogP) is 5.68. The summed E-state index contributed by atoms with van der Waals surface area (Å²) in [7, 11) is 4.09. The monoisotopic (exact) mass is 592 g/mol. The number of imidazole rings is 1.